The van der Waals surface area contributed by atoms with Crippen molar-refractivity contribution in [1.29, 1.82) is 0 Å². The van der Waals surface area contributed by atoms with Gasteiger partial charge in [-0.2, -0.15) is 0 Å². The summed E-state index contributed by atoms with van der Waals surface area (Å²) in [5.74, 6) is -0.222. The maximum absolute atomic E-state index is 12.8. The number of nitrogens with zero attached hydrogens (tertiary/aromatic N) is 2. The van der Waals surface area contributed by atoms with Crippen molar-refractivity contribution in [2.45, 2.75) is 0 Å². The molecule has 0 bridgehead atoms. The van der Waals surface area contributed by atoms with Crippen LogP contribution < -0.4 is 4.90 Å². The summed E-state index contributed by atoms with van der Waals surface area (Å²) in [4.78, 5) is 6.16. The third-order valence-electron chi connectivity index (χ3n) is 2.42. The molecule has 3 heteroatoms. The Balaban J connectivity index is 2.40. The van der Waals surface area contributed by atoms with Gasteiger partial charge in [0.05, 0.1) is 11.9 Å². The third kappa shape index (κ3) is 2.19. The van der Waals surface area contributed by atoms with Crippen LogP contribution in [0.3, 0.4) is 0 Å². The van der Waals surface area contributed by atoms with Gasteiger partial charge in [0.2, 0.25) is 0 Å². The molecule has 0 atom stereocenters. The highest BCUT2D eigenvalue weighted by atomic mass is 19.1. The average Bonchev–Trinajstić information content (AvgIpc) is 2.30. The molecule has 0 saturated heterocycles. The fraction of sp³-hybridized carbons (Fsp3) is 0.154. The van der Waals surface area contributed by atoms with E-state index in [0.29, 0.717) is 0 Å². The molecule has 0 spiro atoms. The molecular formula is C13H13FN2. The van der Waals surface area contributed by atoms with Gasteiger partial charge in [0.15, 0.2) is 0 Å². The molecule has 82 valence electrons. The largest absolute Gasteiger partial charge is 0.376 e. The van der Waals surface area contributed by atoms with E-state index >= 15 is 0 Å². The number of hydrogen-bond acceptors (Lipinski definition) is 2. The van der Waals surface area contributed by atoms with Crippen LogP contribution in [-0.4, -0.2) is 19.1 Å². The van der Waals surface area contributed by atoms with Crippen LogP contribution in [0, 0.1) is 5.82 Å². The van der Waals surface area contributed by atoms with Gasteiger partial charge in [0.25, 0.3) is 0 Å². The summed E-state index contributed by atoms with van der Waals surface area (Å²) >= 11 is 0. The van der Waals surface area contributed by atoms with Crippen molar-refractivity contribution < 1.29 is 4.39 Å². The Morgan fingerprint density at radius 1 is 1.00 bits per heavy atom. The maximum atomic E-state index is 12.8. The first-order valence-electron chi connectivity index (χ1n) is 5.05. The minimum atomic E-state index is -0.222. The van der Waals surface area contributed by atoms with E-state index in [4.69, 9.17) is 0 Å². The van der Waals surface area contributed by atoms with E-state index in [-0.39, 0.29) is 5.82 Å². The van der Waals surface area contributed by atoms with Crippen molar-refractivity contribution in [2.75, 3.05) is 19.0 Å². The summed E-state index contributed by atoms with van der Waals surface area (Å²) in [5, 5.41) is 0. The Labute approximate surface area is 94.4 Å². The SMILES string of the molecule is CN(C)c1cncc(-c2ccc(F)cc2)c1. The molecule has 0 unspecified atom stereocenters. The van der Waals surface area contributed by atoms with Crippen LogP contribution in [-0.2, 0) is 0 Å². The van der Waals surface area contributed by atoms with Gasteiger partial charge in [-0.1, -0.05) is 12.1 Å². The standard InChI is InChI=1S/C13H13FN2/c1-16(2)13-7-11(8-15-9-13)10-3-5-12(14)6-4-10/h3-9H,1-2H3. The predicted octanol–water partition coefficient (Wildman–Crippen LogP) is 2.95. The lowest BCUT2D eigenvalue weighted by molar-refractivity contribution is 0.628. The van der Waals surface area contributed by atoms with Crippen LogP contribution in [0.2, 0.25) is 0 Å². The lowest BCUT2D eigenvalue weighted by Crippen LogP contribution is -2.08. The van der Waals surface area contributed by atoms with Gasteiger partial charge in [-0.15, -0.1) is 0 Å². The number of hydrogen-bond donors (Lipinski definition) is 0. The molecule has 2 rings (SSSR count). The second-order valence-corrected chi connectivity index (χ2v) is 3.83. The van der Waals surface area contributed by atoms with Crippen molar-refractivity contribution in [3.8, 4) is 11.1 Å². The predicted molar refractivity (Wildman–Crippen MR) is 64.0 cm³/mol. The number of benzene rings is 1. The first kappa shape index (κ1) is 10.6. The van der Waals surface area contributed by atoms with E-state index in [0.717, 1.165) is 16.8 Å². The first-order valence-corrected chi connectivity index (χ1v) is 5.05. The molecule has 0 amide bonds. The van der Waals surface area contributed by atoms with E-state index < -0.39 is 0 Å². The molecule has 2 aromatic rings. The molecule has 0 aliphatic rings. The zero-order chi connectivity index (χ0) is 11.5. The summed E-state index contributed by atoms with van der Waals surface area (Å²) in [6.07, 6.45) is 3.58. The van der Waals surface area contributed by atoms with Gasteiger partial charge in [0.1, 0.15) is 5.82 Å². The Morgan fingerprint density at radius 3 is 2.31 bits per heavy atom. The molecule has 0 N–H and O–H groups in total. The minimum Gasteiger partial charge on any atom is -0.376 e. The number of halogens is 1. The zero-order valence-corrected chi connectivity index (χ0v) is 9.31. The van der Waals surface area contributed by atoms with E-state index in [2.05, 4.69) is 4.98 Å². The zero-order valence-electron chi connectivity index (χ0n) is 9.31. The Morgan fingerprint density at radius 2 is 1.69 bits per heavy atom. The van der Waals surface area contributed by atoms with E-state index in [9.17, 15) is 4.39 Å². The summed E-state index contributed by atoms with van der Waals surface area (Å²) < 4.78 is 12.8. The molecule has 1 aromatic carbocycles. The molecular weight excluding hydrogens is 203 g/mol. The van der Waals surface area contributed by atoms with Crippen molar-refractivity contribution in [3.63, 3.8) is 0 Å². The van der Waals surface area contributed by atoms with Crippen LogP contribution in [0.4, 0.5) is 10.1 Å². The van der Waals surface area contributed by atoms with Crippen LogP contribution in [0.1, 0.15) is 0 Å². The normalized spacial score (nSPS) is 10.2. The number of anilines is 1. The van der Waals surface area contributed by atoms with Crippen molar-refractivity contribution in [3.05, 3.63) is 48.5 Å². The summed E-state index contributed by atoms with van der Waals surface area (Å²) in [6, 6.07) is 8.45. The summed E-state index contributed by atoms with van der Waals surface area (Å²) in [5.41, 5.74) is 2.99. The molecule has 0 aliphatic carbocycles. The molecule has 16 heavy (non-hydrogen) atoms. The third-order valence-corrected chi connectivity index (χ3v) is 2.42. The highest BCUT2D eigenvalue weighted by molar-refractivity contribution is 5.66. The Kier molecular flexibility index (Phi) is 2.86. The molecule has 1 aromatic heterocycles. The van der Waals surface area contributed by atoms with E-state index in [1.807, 2.05) is 25.1 Å². The maximum Gasteiger partial charge on any atom is 0.123 e. The van der Waals surface area contributed by atoms with Crippen molar-refractivity contribution in [1.82, 2.24) is 4.98 Å². The molecule has 2 nitrogen and oxygen atoms in total. The fourth-order valence-electron chi connectivity index (χ4n) is 1.47. The molecule has 0 saturated carbocycles. The van der Waals surface area contributed by atoms with Crippen LogP contribution in [0.15, 0.2) is 42.7 Å². The highest BCUT2D eigenvalue weighted by Crippen LogP contribution is 2.22. The van der Waals surface area contributed by atoms with Crippen LogP contribution in [0.5, 0.6) is 0 Å². The lowest BCUT2D eigenvalue weighted by Gasteiger charge is -2.12. The summed E-state index contributed by atoms with van der Waals surface area (Å²) in [6.45, 7) is 0. The number of pyridine rings is 1. The van der Waals surface area contributed by atoms with Gasteiger partial charge in [-0.3, -0.25) is 4.98 Å². The van der Waals surface area contributed by atoms with Crippen LogP contribution >= 0.6 is 0 Å². The van der Waals surface area contributed by atoms with Gasteiger partial charge >= 0.3 is 0 Å². The lowest BCUT2D eigenvalue weighted by atomic mass is 10.1. The van der Waals surface area contributed by atoms with Gasteiger partial charge in [-0.25, -0.2) is 4.39 Å². The topological polar surface area (TPSA) is 16.1 Å². The van der Waals surface area contributed by atoms with Crippen molar-refractivity contribution >= 4 is 5.69 Å². The second kappa shape index (κ2) is 4.31. The molecule has 0 radical (unpaired) electrons. The van der Waals surface area contributed by atoms with Gasteiger partial charge in [-0.05, 0) is 23.8 Å². The molecule has 0 aliphatic heterocycles. The quantitative estimate of drug-likeness (QED) is 0.767. The van der Waals surface area contributed by atoms with Crippen LogP contribution in [0.25, 0.3) is 11.1 Å². The fourth-order valence-corrected chi connectivity index (χ4v) is 1.47. The smallest absolute Gasteiger partial charge is 0.123 e. The number of aromatic nitrogens is 1. The highest BCUT2D eigenvalue weighted by Gasteiger charge is 2.01. The molecule has 0 fully saturated rings. The first-order chi connectivity index (χ1) is 7.66. The Bertz CT molecular complexity index is 478. The monoisotopic (exact) mass is 216 g/mol. The van der Waals surface area contributed by atoms with Gasteiger partial charge < -0.3 is 4.90 Å². The van der Waals surface area contributed by atoms with E-state index in [1.165, 1.54) is 12.1 Å². The minimum absolute atomic E-state index is 0.222. The van der Waals surface area contributed by atoms with Gasteiger partial charge in [0, 0.05) is 25.9 Å². The van der Waals surface area contributed by atoms with E-state index in [1.54, 1.807) is 24.5 Å². The molecule has 1 heterocycles. The second-order valence-electron chi connectivity index (χ2n) is 3.83. The average molecular weight is 216 g/mol. The Hall–Kier alpha value is -1.90. The van der Waals surface area contributed by atoms with Crippen molar-refractivity contribution in [2.24, 2.45) is 0 Å². The summed E-state index contributed by atoms with van der Waals surface area (Å²) in [7, 11) is 3.93. The number of rotatable bonds is 2.